The van der Waals surface area contributed by atoms with Crippen LogP contribution in [-0.4, -0.2) is 47.5 Å². The van der Waals surface area contributed by atoms with E-state index in [2.05, 4.69) is 15.3 Å². The quantitative estimate of drug-likeness (QED) is 0.794. The Morgan fingerprint density at radius 3 is 2.94 bits per heavy atom. The van der Waals surface area contributed by atoms with Crippen molar-refractivity contribution in [1.82, 2.24) is 9.97 Å². The number of aromatic nitrogens is 2. The van der Waals surface area contributed by atoms with Crippen LogP contribution in [0.2, 0.25) is 0 Å². The lowest BCUT2D eigenvalue weighted by atomic mass is 10.1. The summed E-state index contributed by atoms with van der Waals surface area (Å²) in [7, 11) is -2.90. The average Bonchev–Trinajstić information content (AvgIpc) is 2.67. The van der Waals surface area contributed by atoms with Gasteiger partial charge in [0.15, 0.2) is 15.5 Å². The van der Waals surface area contributed by atoms with E-state index in [4.69, 9.17) is 5.11 Å². The molecule has 0 radical (unpaired) electrons. The van der Waals surface area contributed by atoms with Crippen LogP contribution in [0.4, 0.5) is 5.95 Å². The number of anilines is 1. The minimum atomic E-state index is -2.90. The van der Waals surface area contributed by atoms with Crippen LogP contribution in [0.5, 0.6) is 0 Å². The molecule has 2 rings (SSSR count). The average molecular weight is 271 g/mol. The van der Waals surface area contributed by atoms with E-state index in [0.717, 1.165) is 0 Å². The second-order valence-corrected chi connectivity index (χ2v) is 6.45. The van der Waals surface area contributed by atoms with Gasteiger partial charge in [-0.1, -0.05) is 0 Å². The van der Waals surface area contributed by atoms with Crippen LogP contribution in [-0.2, 0) is 9.84 Å². The number of carboxylic acid groups (broad SMARTS) is 1. The first-order valence-electron chi connectivity index (χ1n) is 5.47. The van der Waals surface area contributed by atoms with E-state index >= 15 is 0 Å². The number of sulfone groups is 1. The summed E-state index contributed by atoms with van der Waals surface area (Å²) in [6.07, 6.45) is 1.97. The highest BCUT2D eigenvalue weighted by atomic mass is 32.2. The van der Waals surface area contributed by atoms with Crippen LogP contribution in [0.1, 0.15) is 16.9 Å². The molecule has 1 fully saturated rings. The summed E-state index contributed by atoms with van der Waals surface area (Å²) in [6, 6.07) is 1.30. The van der Waals surface area contributed by atoms with Crippen molar-refractivity contribution >= 4 is 21.8 Å². The number of carboxylic acids is 1. The molecule has 0 spiro atoms. The Labute approximate surface area is 104 Å². The number of aromatic carboxylic acids is 1. The zero-order valence-corrected chi connectivity index (χ0v) is 10.4. The summed E-state index contributed by atoms with van der Waals surface area (Å²) in [5.74, 6) is -0.497. The molecule has 1 aromatic rings. The highest BCUT2D eigenvalue weighted by Gasteiger charge is 2.27. The lowest BCUT2D eigenvalue weighted by molar-refractivity contribution is 0.0690. The topological polar surface area (TPSA) is 109 Å². The number of hydrogen-bond acceptors (Lipinski definition) is 6. The summed E-state index contributed by atoms with van der Waals surface area (Å²) in [6.45, 7) is 0.433. The Morgan fingerprint density at radius 2 is 2.33 bits per heavy atom. The molecule has 98 valence electrons. The van der Waals surface area contributed by atoms with Gasteiger partial charge in [0.05, 0.1) is 11.5 Å². The summed E-state index contributed by atoms with van der Waals surface area (Å²) in [5, 5.41) is 11.6. The molecule has 18 heavy (non-hydrogen) atoms. The third-order valence-corrected chi connectivity index (χ3v) is 4.59. The van der Waals surface area contributed by atoms with Gasteiger partial charge < -0.3 is 10.4 Å². The van der Waals surface area contributed by atoms with Crippen molar-refractivity contribution in [1.29, 1.82) is 0 Å². The number of nitrogens with one attached hydrogen (secondary N) is 1. The first-order chi connectivity index (χ1) is 8.46. The van der Waals surface area contributed by atoms with E-state index in [0.29, 0.717) is 13.0 Å². The van der Waals surface area contributed by atoms with Crippen LogP contribution in [0, 0.1) is 5.92 Å². The molecule has 1 atom stereocenters. The number of hydrogen-bond donors (Lipinski definition) is 2. The minimum Gasteiger partial charge on any atom is -0.477 e. The van der Waals surface area contributed by atoms with Gasteiger partial charge in [-0.3, -0.25) is 0 Å². The van der Waals surface area contributed by atoms with Gasteiger partial charge in [0.2, 0.25) is 5.95 Å². The molecule has 8 heteroatoms. The summed E-state index contributed by atoms with van der Waals surface area (Å²) >= 11 is 0. The second kappa shape index (κ2) is 4.89. The van der Waals surface area contributed by atoms with Crippen molar-refractivity contribution in [3.8, 4) is 0 Å². The van der Waals surface area contributed by atoms with Crippen LogP contribution in [0.15, 0.2) is 12.3 Å². The Bertz CT molecular complexity index is 558. The molecule has 1 aromatic heterocycles. The van der Waals surface area contributed by atoms with Crippen LogP contribution < -0.4 is 5.32 Å². The van der Waals surface area contributed by atoms with Gasteiger partial charge in [-0.25, -0.2) is 23.2 Å². The summed E-state index contributed by atoms with van der Waals surface area (Å²) in [4.78, 5) is 18.4. The monoisotopic (exact) mass is 271 g/mol. The highest BCUT2D eigenvalue weighted by molar-refractivity contribution is 7.91. The van der Waals surface area contributed by atoms with E-state index in [1.807, 2.05) is 0 Å². The molecule has 1 aliphatic rings. The van der Waals surface area contributed by atoms with Crippen LogP contribution in [0.25, 0.3) is 0 Å². The predicted molar refractivity (Wildman–Crippen MR) is 64.2 cm³/mol. The Kier molecular flexibility index (Phi) is 3.46. The fraction of sp³-hybridized carbons (Fsp3) is 0.500. The van der Waals surface area contributed by atoms with Crippen molar-refractivity contribution in [3.05, 3.63) is 18.0 Å². The van der Waals surface area contributed by atoms with Crippen molar-refractivity contribution in [3.63, 3.8) is 0 Å². The van der Waals surface area contributed by atoms with E-state index in [1.54, 1.807) is 0 Å². The van der Waals surface area contributed by atoms with Gasteiger partial charge in [-0.05, 0) is 18.4 Å². The molecule has 2 heterocycles. The fourth-order valence-corrected chi connectivity index (χ4v) is 3.69. The first kappa shape index (κ1) is 12.7. The second-order valence-electron chi connectivity index (χ2n) is 4.22. The minimum absolute atomic E-state index is 0.0343. The third-order valence-electron chi connectivity index (χ3n) is 2.75. The molecule has 0 amide bonds. The summed E-state index contributed by atoms with van der Waals surface area (Å²) in [5.41, 5.74) is -0.0912. The standard InChI is InChI=1S/C10H13N3O4S/c14-9(15)8-1-3-11-10(13-8)12-5-7-2-4-18(16,17)6-7/h1,3,7H,2,4-6H2,(H,14,15)(H,11,12,13). The maximum atomic E-state index is 11.3. The molecular weight excluding hydrogens is 258 g/mol. The van der Waals surface area contributed by atoms with Gasteiger partial charge in [0.1, 0.15) is 0 Å². The van der Waals surface area contributed by atoms with Gasteiger partial charge in [0, 0.05) is 12.7 Å². The number of nitrogens with zero attached hydrogens (tertiary/aromatic N) is 2. The Morgan fingerprint density at radius 1 is 1.56 bits per heavy atom. The molecule has 7 nitrogen and oxygen atoms in total. The summed E-state index contributed by atoms with van der Waals surface area (Å²) < 4.78 is 22.5. The molecule has 1 saturated heterocycles. The van der Waals surface area contributed by atoms with Gasteiger partial charge in [-0.2, -0.15) is 0 Å². The third kappa shape index (κ3) is 3.16. The first-order valence-corrected chi connectivity index (χ1v) is 7.29. The molecule has 0 saturated carbocycles. The molecule has 1 aliphatic heterocycles. The normalized spacial score (nSPS) is 21.7. The molecular formula is C10H13N3O4S. The molecule has 2 N–H and O–H groups in total. The van der Waals surface area contributed by atoms with E-state index < -0.39 is 15.8 Å². The van der Waals surface area contributed by atoms with Crippen molar-refractivity contribution in [2.75, 3.05) is 23.4 Å². The number of carbonyl (C=O) groups is 1. The van der Waals surface area contributed by atoms with E-state index in [-0.39, 0.29) is 29.1 Å². The largest absolute Gasteiger partial charge is 0.477 e. The maximum Gasteiger partial charge on any atom is 0.354 e. The SMILES string of the molecule is O=C(O)c1ccnc(NCC2CCS(=O)(=O)C2)n1. The fourth-order valence-electron chi connectivity index (χ4n) is 1.83. The maximum absolute atomic E-state index is 11.3. The molecule has 0 aromatic carbocycles. The molecule has 0 bridgehead atoms. The molecule has 1 unspecified atom stereocenters. The lowest BCUT2D eigenvalue weighted by Crippen LogP contribution is -2.17. The van der Waals surface area contributed by atoms with Crippen molar-refractivity contribution < 1.29 is 18.3 Å². The lowest BCUT2D eigenvalue weighted by Gasteiger charge is -2.09. The van der Waals surface area contributed by atoms with Crippen LogP contribution in [0.3, 0.4) is 0 Å². The van der Waals surface area contributed by atoms with Crippen LogP contribution >= 0.6 is 0 Å². The number of rotatable bonds is 4. The van der Waals surface area contributed by atoms with Gasteiger partial charge >= 0.3 is 5.97 Å². The Balaban J connectivity index is 1.95. The van der Waals surface area contributed by atoms with Gasteiger partial charge in [0.25, 0.3) is 0 Å². The zero-order valence-electron chi connectivity index (χ0n) is 9.54. The van der Waals surface area contributed by atoms with Gasteiger partial charge in [-0.15, -0.1) is 0 Å². The van der Waals surface area contributed by atoms with Crippen molar-refractivity contribution in [2.24, 2.45) is 5.92 Å². The smallest absolute Gasteiger partial charge is 0.354 e. The van der Waals surface area contributed by atoms with E-state index in [1.165, 1.54) is 12.3 Å². The Hall–Kier alpha value is -1.70. The highest BCUT2D eigenvalue weighted by Crippen LogP contribution is 2.18. The predicted octanol–water partition coefficient (Wildman–Crippen LogP) is 0.0214. The van der Waals surface area contributed by atoms with Crippen molar-refractivity contribution in [2.45, 2.75) is 6.42 Å². The molecule has 0 aliphatic carbocycles. The zero-order chi connectivity index (χ0) is 13.2. The van der Waals surface area contributed by atoms with E-state index in [9.17, 15) is 13.2 Å².